The molecule has 0 bridgehead atoms. The summed E-state index contributed by atoms with van der Waals surface area (Å²) in [6.07, 6.45) is 1.53. The highest BCUT2D eigenvalue weighted by Gasteiger charge is 2.15. The largest absolute Gasteiger partial charge is 0.454 e. The number of nitrogens with one attached hydrogen (secondary N) is 1. The maximum atomic E-state index is 12.2. The van der Waals surface area contributed by atoms with Crippen molar-refractivity contribution in [2.24, 2.45) is 0 Å². The highest BCUT2D eigenvalue weighted by molar-refractivity contribution is 7.99. The lowest BCUT2D eigenvalue weighted by Gasteiger charge is -2.27. The number of aromatic nitrogens is 2. The Balaban J connectivity index is 1.32. The average molecular weight is 374 g/mol. The number of ether oxygens (including phenoxy) is 3. The van der Waals surface area contributed by atoms with Crippen molar-refractivity contribution in [3.8, 4) is 11.5 Å². The van der Waals surface area contributed by atoms with Crippen LogP contribution in [0.1, 0.15) is 0 Å². The second kappa shape index (κ2) is 7.79. The Hall–Kier alpha value is -2.52. The predicted molar refractivity (Wildman–Crippen MR) is 97.0 cm³/mol. The lowest BCUT2D eigenvalue weighted by Crippen LogP contribution is -2.36. The van der Waals surface area contributed by atoms with Gasteiger partial charge in [0.1, 0.15) is 17.2 Å². The van der Waals surface area contributed by atoms with E-state index >= 15 is 0 Å². The SMILES string of the molecule is O=C(CSc1cc(N2CCOCC2)ncn1)Nc1ccc2c(c1)OCO2. The lowest BCUT2D eigenvalue weighted by atomic mass is 10.3. The molecule has 2 aliphatic rings. The molecule has 0 radical (unpaired) electrons. The quantitative estimate of drug-likeness (QED) is 0.626. The Labute approximate surface area is 154 Å². The first-order chi connectivity index (χ1) is 12.8. The second-order valence-electron chi connectivity index (χ2n) is 5.72. The number of amides is 1. The van der Waals surface area contributed by atoms with Gasteiger partial charge in [-0.15, -0.1) is 0 Å². The zero-order chi connectivity index (χ0) is 17.8. The van der Waals surface area contributed by atoms with Crippen LogP contribution in [0.4, 0.5) is 11.5 Å². The van der Waals surface area contributed by atoms with Crippen LogP contribution in [-0.2, 0) is 9.53 Å². The number of nitrogens with zero attached hydrogens (tertiary/aromatic N) is 3. The van der Waals surface area contributed by atoms with E-state index in [9.17, 15) is 4.79 Å². The van der Waals surface area contributed by atoms with Gasteiger partial charge in [0.05, 0.1) is 19.0 Å². The van der Waals surface area contributed by atoms with Gasteiger partial charge < -0.3 is 24.4 Å². The molecule has 1 aromatic carbocycles. The van der Waals surface area contributed by atoms with Crippen molar-refractivity contribution in [2.75, 3.05) is 49.1 Å². The summed E-state index contributed by atoms with van der Waals surface area (Å²) >= 11 is 1.37. The van der Waals surface area contributed by atoms with Crippen LogP contribution in [0.2, 0.25) is 0 Å². The van der Waals surface area contributed by atoms with Crippen molar-refractivity contribution in [2.45, 2.75) is 5.03 Å². The molecule has 1 N–H and O–H groups in total. The first-order valence-electron chi connectivity index (χ1n) is 8.25. The van der Waals surface area contributed by atoms with Gasteiger partial charge in [0.2, 0.25) is 12.7 Å². The summed E-state index contributed by atoms with van der Waals surface area (Å²) < 4.78 is 15.9. The third-order valence-electron chi connectivity index (χ3n) is 3.97. The van der Waals surface area contributed by atoms with Crippen molar-refractivity contribution < 1.29 is 19.0 Å². The first-order valence-corrected chi connectivity index (χ1v) is 9.23. The summed E-state index contributed by atoms with van der Waals surface area (Å²) in [6, 6.07) is 7.23. The monoisotopic (exact) mass is 374 g/mol. The molecule has 136 valence electrons. The molecule has 1 aromatic heterocycles. The summed E-state index contributed by atoms with van der Waals surface area (Å²) in [4.78, 5) is 22.9. The molecular formula is C17H18N4O4S. The minimum Gasteiger partial charge on any atom is -0.454 e. The van der Waals surface area contributed by atoms with E-state index in [1.165, 1.54) is 18.1 Å². The first kappa shape index (κ1) is 16.9. The molecule has 0 aliphatic carbocycles. The molecule has 0 spiro atoms. The topological polar surface area (TPSA) is 85.8 Å². The molecule has 2 aliphatic heterocycles. The van der Waals surface area contributed by atoms with E-state index in [1.807, 2.05) is 6.07 Å². The Morgan fingerprint density at radius 3 is 2.88 bits per heavy atom. The minimum absolute atomic E-state index is 0.111. The van der Waals surface area contributed by atoms with Gasteiger partial charge in [0.15, 0.2) is 11.5 Å². The van der Waals surface area contributed by atoms with Crippen molar-refractivity contribution >= 4 is 29.2 Å². The number of morpholine rings is 1. The highest BCUT2D eigenvalue weighted by Crippen LogP contribution is 2.34. The molecule has 8 nitrogen and oxygen atoms in total. The molecule has 0 unspecified atom stereocenters. The Kier molecular flexibility index (Phi) is 5.07. The smallest absolute Gasteiger partial charge is 0.234 e. The number of carbonyl (C=O) groups excluding carboxylic acids is 1. The number of carbonyl (C=O) groups is 1. The third-order valence-corrected chi connectivity index (χ3v) is 4.90. The Morgan fingerprint density at radius 1 is 1.15 bits per heavy atom. The number of benzene rings is 1. The zero-order valence-corrected chi connectivity index (χ0v) is 14.8. The standard InChI is InChI=1S/C17H18N4O4S/c22-16(20-12-1-2-13-14(7-12)25-11-24-13)9-26-17-8-15(18-10-19-17)21-3-5-23-6-4-21/h1-2,7-8,10H,3-6,9,11H2,(H,20,22). The van der Waals surface area contributed by atoms with Crippen LogP contribution in [-0.4, -0.2) is 54.7 Å². The molecule has 1 saturated heterocycles. The molecule has 9 heteroatoms. The molecule has 1 amide bonds. The van der Waals surface area contributed by atoms with Gasteiger partial charge in [-0.25, -0.2) is 9.97 Å². The molecule has 0 atom stereocenters. The molecule has 2 aromatic rings. The Morgan fingerprint density at radius 2 is 2.00 bits per heavy atom. The number of fused-ring (bicyclic) bond motifs is 1. The summed E-state index contributed by atoms with van der Waals surface area (Å²) in [5.41, 5.74) is 0.677. The van der Waals surface area contributed by atoms with E-state index in [-0.39, 0.29) is 18.5 Å². The maximum Gasteiger partial charge on any atom is 0.234 e. The molecular weight excluding hydrogens is 356 g/mol. The van der Waals surface area contributed by atoms with E-state index in [0.29, 0.717) is 30.4 Å². The third kappa shape index (κ3) is 4.00. The van der Waals surface area contributed by atoms with Crippen molar-refractivity contribution in [1.29, 1.82) is 0 Å². The van der Waals surface area contributed by atoms with E-state index in [0.717, 1.165) is 23.9 Å². The number of hydrogen-bond acceptors (Lipinski definition) is 8. The van der Waals surface area contributed by atoms with Crippen LogP contribution in [0, 0.1) is 0 Å². The molecule has 0 saturated carbocycles. The predicted octanol–water partition coefficient (Wildman–Crippen LogP) is 1.77. The van der Waals surface area contributed by atoms with Crippen LogP contribution in [0.5, 0.6) is 11.5 Å². The average Bonchev–Trinajstić information content (AvgIpc) is 3.15. The number of hydrogen-bond donors (Lipinski definition) is 1. The van der Waals surface area contributed by atoms with Crippen molar-refractivity contribution in [3.63, 3.8) is 0 Å². The van der Waals surface area contributed by atoms with E-state index in [2.05, 4.69) is 20.2 Å². The fourth-order valence-corrected chi connectivity index (χ4v) is 3.35. The van der Waals surface area contributed by atoms with Crippen LogP contribution < -0.4 is 19.7 Å². The lowest BCUT2D eigenvalue weighted by molar-refractivity contribution is -0.113. The van der Waals surface area contributed by atoms with Gasteiger partial charge in [-0.1, -0.05) is 11.8 Å². The van der Waals surface area contributed by atoms with E-state index in [1.54, 1.807) is 18.2 Å². The highest BCUT2D eigenvalue weighted by atomic mass is 32.2. The fraction of sp³-hybridized carbons (Fsp3) is 0.353. The molecule has 3 heterocycles. The van der Waals surface area contributed by atoms with Crippen LogP contribution >= 0.6 is 11.8 Å². The molecule has 1 fully saturated rings. The van der Waals surface area contributed by atoms with Gasteiger partial charge in [0, 0.05) is 30.9 Å². The van der Waals surface area contributed by atoms with Gasteiger partial charge >= 0.3 is 0 Å². The Bertz CT molecular complexity index is 798. The number of rotatable bonds is 5. The van der Waals surface area contributed by atoms with Gasteiger partial charge in [0.25, 0.3) is 0 Å². The van der Waals surface area contributed by atoms with Crippen LogP contribution in [0.25, 0.3) is 0 Å². The number of thioether (sulfide) groups is 1. The van der Waals surface area contributed by atoms with Gasteiger partial charge in [-0.05, 0) is 12.1 Å². The zero-order valence-electron chi connectivity index (χ0n) is 14.0. The minimum atomic E-state index is -0.111. The second-order valence-corrected chi connectivity index (χ2v) is 6.71. The summed E-state index contributed by atoms with van der Waals surface area (Å²) in [5.74, 6) is 2.34. The van der Waals surface area contributed by atoms with E-state index < -0.39 is 0 Å². The van der Waals surface area contributed by atoms with Crippen molar-refractivity contribution in [3.05, 3.63) is 30.6 Å². The van der Waals surface area contributed by atoms with Gasteiger partial charge in [-0.3, -0.25) is 4.79 Å². The maximum absolute atomic E-state index is 12.2. The summed E-state index contributed by atoms with van der Waals surface area (Å²) in [5, 5.41) is 3.62. The van der Waals surface area contributed by atoms with Crippen LogP contribution in [0.3, 0.4) is 0 Å². The summed E-state index contributed by atoms with van der Waals surface area (Å²) in [6.45, 7) is 3.23. The molecule has 4 rings (SSSR count). The fourth-order valence-electron chi connectivity index (χ4n) is 2.69. The van der Waals surface area contributed by atoms with E-state index in [4.69, 9.17) is 14.2 Å². The summed E-state index contributed by atoms with van der Waals surface area (Å²) in [7, 11) is 0. The molecule has 26 heavy (non-hydrogen) atoms. The number of anilines is 2. The van der Waals surface area contributed by atoms with Crippen molar-refractivity contribution in [1.82, 2.24) is 9.97 Å². The normalized spacial score (nSPS) is 15.8. The van der Waals surface area contributed by atoms with Crippen LogP contribution in [0.15, 0.2) is 35.6 Å². The van der Waals surface area contributed by atoms with Gasteiger partial charge in [-0.2, -0.15) is 0 Å².